The number of aromatic nitrogens is 2. The van der Waals surface area contributed by atoms with Gasteiger partial charge in [-0.15, -0.1) is 0 Å². The van der Waals surface area contributed by atoms with Crippen LogP contribution in [-0.4, -0.2) is 22.9 Å². The number of hydrogen-bond donors (Lipinski definition) is 1. The van der Waals surface area contributed by atoms with Gasteiger partial charge in [0.1, 0.15) is 5.82 Å². The number of aromatic amines is 1. The summed E-state index contributed by atoms with van der Waals surface area (Å²) < 4.78 is 0. The van der Waals surface area contributed by atoms with E-state index in [2.05, 4.69) is 9.97 Å². The van der Waals surface area contributed by atoms with E-state index in [4.69, 9.17) is 11.6 Å². The number of carbonyl (C=O) groups is 1. The summed E-state index contributed by atoms with van der Waals surface area (Å²) >= 11 is 5.59. The van der Waals surface area contributed by atoms with Crippen LogP contribution in [0.15, 0.2) is 4.79 Å². The molecule has 6 heteroatoms. The van der Waals surface area contributed by atoms with E-state index in [1.165, 1.54) is 4.90 Å². The summed E-state index contributed by atoms with van der Waals surface area (Å²) in [4.78, 5) is 30.4. The molecule has 0 unspecified atom stereocenters. The lowest BCUT2D eigenvalue weighted by Gasteiger charge is -2.23. The van der Waals surface area contributed by atoms with Crippen LogP contribution in [0.25, 0.3) is 0 Å². The molecule has 2 heterocycles. The number of rotatable bonds is 0. The van der Waals surface area contributed by atoms with Crippen LogP contribution in [0, 0.1) is 0 Å². The van der Waals surface area contributed by atoms with Crippen LogP contribution in [0.3, 0.4) is 0 Å². The molecule has 0 aromatic carbocycles. The van der Waals surface area contributed by atoms with Crippen molar-refractivity contribution in [3.63, 3.8) is 0 Å². The summed E-state index contributed by atoms with van der Waals surface area (Å²) in [5.41, 5.74) is 0.260. The predicted molar refractivity (Wildman–Crippen MR) is 51.6 cm³/mol. The fraction of sp³-hybridized carbons (Fsp3) is 0.375. The van der Waals surface area contributed by atoms with Gasteiger partial charge >= 0.3 is 0 Å². The van der Waals surface area contributed by atoms with Crippen LogP contribution in [0.2, 0.25) is 5.28 Å². The second-order valence-corrected chi connectivity index (χ2v) is 3.47. The smallest absolute Gasteiger partial charge is 0.257 e. The lowest BCUT2D eigenvalue weighted by Crippen LogP contribution is -2.35. The Balaban J connectivity index is 2.65. The number of anilines is 1. The molecule has 1 aliphatic rings. The average Bonchev–Trinajstić information content (AvgIpc) is 2.12. The number of fused-ring (bicyclic) bond motifs is 1. The fourth-order valence-electron chi connectivity index (χ4n) is 1.48. The summed E-state index contributed by atoms with van der Waals surface area (Å²) in [5, 5.41) is 0.00954. The van der Waals surface area contributed by atoms with E-state index in [1.807, 2.05) is 0 Å². The van der Waals surface area contributed by atoms with Gasteiger partial charge in [0.25, 0.3) is 5.56 Å². The third kappa shape index (κ3) is 1.29. The van der Waals surface area contributed by atoms with Crippen LogP contribution in [0.4, 0.5) is 5.82 Å². The van der Waals surface area contributed by atoms with Crippen molar-refractivity contribution < 1.29 is 4.79 Å². The number of H-pyrrole nitrogens is 1. The van der Waals surface area contributed by atoms with E-state index in [0.717, 1.165) is 0 Å². The highest BCUT2D eigenvalue weighted by molar-refractivity contribution is 6.28. The van der Waals surface area contributed by atoms with E-state index in [0.29, 0.717) is 24.2 Å². The van der Waals surface area contributed by atoms with Gasteiger partial charge in [-0.3, -0.25) is 19.5 Å². The minimum Gasteiger partial charge on any atom is -0.299 e. The Hall–Kier alpha value is -1.36. The molecule has 1 aromatic heterocycles. The van der Waals surface area contributed by atoms with Crippen molar-refractivity contribution in [3.05, 3.63) is 21.2 Å². The molecular formula is C8H8ClN3O2. The fourth-order valence-corrected chi connectivity index (χ4v) is 1.65. The first-order valence-electron chi connectivity index (χ1n) is 4.15. The molecule has 0 aliphatic carbocycles. The molecule has 5 nitrogen and oxygen atoms in total. The molecule has 0 radical (unpaired) electrons. The number of nitrogens with one attached hydrogen (secondary N) is 1. The molecule has 0 fully saturated rings. The van der Waals surface area contributed by atoms with Gasteiger partial charge in [-0.2, -0.15) is 0 Å². The van der Waals surface area contributed by atoms with Gasteiger partial charge in [-0.25, -0.2) is 4.98 Å². The number of carbonyl (C=O) groups excluding carboxylic acids is 1. The van der Waals surface area contributed by atoms with E-state index in [-0.39, 0.29) is 16.8 Å². The summed E-state index contributed by atoms with van der Waals surface area (Å²) in [7, 11) is 1.59. The van der Waals surface area contributed by atoms with Crippen LogP contribution < -0.4 is 10.5 Å². The van der Waals surface area contributed by atoms with Crippen LogP contribution in [0.1, 0.15) is 12.0 Å². The van der Waals surface area contributed by atoms with Crippen molar-refractivity contribution in [2.45, 2.75) is 12.8 Å². The van der Waals surface area contributed by atoms with Gasteiger partial charge in [-0.05, 0) is 18.0 Å². The molecule has 1 amide bonds. The first-order valence-corrected chi connectivity index (χ1v) is 4.52. The van der Waals surface area contributed by atoms with Gasteiger partial charge < -0.3 is 0 Å². The molecule has 1 aromatic rings. The standard InChI is InChI=1S/C8H8ClN3O2/c1-12-5(13)3-2-4-6(12)10-8(9)11-7(4)14/h2-3H2,1H3,(H,10,11,14). The zero-order valence-corrected chi connectivity index (χ0v) is 8.26. The minimum absolute atomic E-state index is 0.00954. The van der Waals surface area contributed by atoms with Crippen molar-refractivity contribution in [1.82, 2.24) is 9.97 Å². The Labute approximate surface area is 84.7 Å². The highest BCUT2D eigenvalue weighted by Gasteiger charge is 2.24. The van der Waals surface area contributed by atoms with Gasteiger partial charge in [0.05, 0.1) is 5.56 Å². The summed E-state index contributed by atoms with van der Waals surface area (Å²) in [5.74, 6) is 0.321. The zero-order chi connectivity index (χ0) is 10.3. The van der Waals surface area contributed by atoms with Gasteiger partial charge in [0.15, 0.2) is 0 Å². The molecule has 0 saturated heterocycles. The molecule has 14 heavy (non-hydrogen) atoms. The first-order chi connectivity index (χ1) is 6.59. The Morgan fingerprint density at radius 2 is 2.14 bits per heavy atom. The topological polar surface area (TPSA) is 66.1 Å². The van der Waals surface area contributed by atoms with Crippen LogP contribution >= 0.6 is 11.6 Å². The summed E-state index contributed by atoms with van der Waals surface area (Å²) in [6.07, 6.45) is 0.772. The largest absolute Gasteiger partial charge is 0.299 e. The monoisotopic (exact) mass is 213 g/mol. The zero-order valence-electron chi connectivity index (χ0n) is 7.50. The van der Waals surface area contributed by atoms with Crippen molar-refractivity contribution in [2.75, 3.05) is 11.9 Å². The normalized spacial score (nSPS) is 15.6. The molecular weight excluding hydrogens is 206 g/mol. The third-order valence-corrected chi connectivity index (χ3v) is 2.42. The van der Waals surface area contributed by atoms with Gasteiger partial charge in [-0.1, -0.05) is 0 Å². The third-order valence-electron chi connectivity index (χ3n) is 2.25. The Kier molecular flexibility index (Phi) is 2.03. The van der Waals surface area contributed by atoms with E-state index in [1.54, 1.807) is 7.05 Å². The van der Waals surface area contributed by atoms with Crippen molar-refractivity contribution in [3.8, 4) is 0 Å². The number of hydrogen-bond acceptors (Lipinski definition) is 3. The maximum Gasteiger partial charge on any atom is 0.257 e. The maximum absolute atomic E-state index is 11.4. The van der Waals surface area contributed by atoms with Crippen molar-refractivity contribution in [2.24, 2.45) is 0 Å². The molecule has 74 valence electrons. The molecule has 0 atom stereocenters. The first kappa shape index (κ1) is 9.21. The lowest BCUT2D eigenvalue weighted by atomic mass is 10.1. The predicted octanol–water partition coefficient (Wildman–Crippen LogP) is 0.332. The van der Waals surface area contributed by atoms with E-state index < -0.39 is 0 Å². The summed E-state index contributed by atoms with van der Waals surface area (Å²) in [6, 6.07) is 0. The van der Waals surface area contributed by atoms with Gasteiger partial charge in [0.2, 0.25) is 11.2 Å². The number of nitrogens with zero attached hydrogens (tertiary/aromatic N) is 2. The van der Waals surface area contributed by atoms with Crippen LogP contribution in [0.5, 0.6) is 0 Å². The van der Waals surface area contributed by atoms with Crippen molar-refractivity contribution >= 4 is 23.3 Å². The molecule has 2 rings (SSSR count). The Bertz CT molecular complexity index is 454. The quantitative estimate of drug-likeness (QED) is 0.632. The second kappa shape index (κ2) is 3.09. The van der Waals surface area contributed by atoms with Crippen LogP contribution in [-0.2, 0) is 11.2 Å². The van der Waals surface area contributed by atoms with Gasteiger partial charge in [0, 0.05) is 13.5 Å². The molecule has 0 saturated carbocycles. The molecule has 0 bridgehead atoms. The Morgan fingerprint density at radius 1 is 1.43 bits per heavy atom. The average molecular weight is 214 g/mol. The summed E-state index contributed by atoms with van der Waals surface area (Å²) in [6.45, 7) is 0. The molecule has 1 aliphatic heterocycles. The molecule has 0 spiro atoms. The second-order valence-electron chi connectivity index (χ2n) is 3.11. The van der Waals surface area contributed by atoms with Crippen molar-refractivity contribution in [1.29, 1.82) is 0 Å². The number of halogens is 1. The number of amides is 1. The van der Waals surface area contributed by atoms with E-state index in [9.17, 15) is 9.59 Å². The highest BCUT2D eigenvalue weighted by Crippen LogP contribution is 2.21. The Morgan fingerprint density at radius 3 is 2.86 bits per heavy atom. The molecule has 1 N–H and O–H groups in total. The maximum atomic E-state index is 11.4. The highest BCUT2D eigenvalue weighted by atomic mass is 35.5. The van der Waals surface area contributed by atoms with E-state index >= 15 is 0 Å². The minimum atomic E-state index is -0.264. The SMILES string of the molecule is CN1C(=O)CCc2c1nc(Cl)[nH]c2=O. The lowest BCUT2D eigenvalue weighted by molar-refractivity contribution is -0.118.